The number of alkyl halides is 3. The minimum atomic E-state index is -4.55. The Morgan fingerprint density at radius 2 is 1.78 bits per heavy atom. The van der Waals surface area contributed by atoms with Gasteiger partial charge in [-0.2, -0.15) is 13.2 Å². The maximum Gasteiger partial charge on any atom is 0.418 e. The summed E-state index contributed by atoms with van der Waals surface area (Å²) in [6.07, 6.45) is -4.55. The van der Waals surface area contributed by atoms with Gasteiger partial charge >= 0.3 is 6.18 Å². The van der Waals surface area contributed by atoms with Crippen molar-refractivity contribution in [3.05, 3.63) is 53.6 Å². The van der Waals surface area contributed by atoms with Crippen LogP contribution in [0, 0.1) is 0 Å². The Morgan fingerprint density at radius 3 is 2.39 bits per heavy atom. The minimum absolute atomic E-state index is 0.201. The van der Waals surface area contributed by atoms with Crippen molar-refractivity contribution in [2.24, 2.45) is 0 Å². The Labute approximate surface area is 131 Å². The smallest absolute Gasteiger partial charge is 0.399 e. The van der Waals surface area contributed by atoms with Crippen LogP contribution in [0.5, 0.6) is 0 Å². The van der Waals surface area contributed by atoms with E-state index < -0.39 is 17.6 Å². The van der Waals surface area contributed by atoms with Crippen molar-refractivity contribution < 1.29 is 18.0 Å². The molecule has 4 nitrogen and oxygen atoms in total. The van der Waals surface area contributed by atoms with Crippen molar-refractivity contribution >= 4 is 23.0 Å². The Bertz CT molecular complexity index is 727. The Balaban J connectivity index is 2.40. The quantitative estimate of drug-likeness (QED) is 0.849. The number of hydrogen-bond donors (Lipinski definition) is 2. The average molecular weight is 323 g/mol. The van der Waals surface area contributed by atoms with Crippen molar-refractivity contribution in [2.75, 3.05) is 30.0 Å². The summed E-state index contributed by atoms with van der Waals surface area (Å²) in [5.74, 6) is -0.655. The second-order valence-electron chi connectivity index (χ2n) is 5.17. The van der Waals surface area contributed by atoms with Crippen LogP contribution >= 0.6 is 0 Å². The molecule has 0 aliphatic rings. The summed E-state index contributed by atoms with van der Waals surface area (Å²) in [5, 5.41) is 2.31. The van der Waals surface area contributed by atoms with Crippen LogP contribution < -0.4 is 16.0 Å². The van der Waals surface area contributed by atoms with Gasteiger partial charge < -0.3 is 16.0 Å². The van der Waals surface area contributed by atoms with Gasteiger partial charge in [-0.25, -0.2) is 0 Å². The van der Waals surface area contributed by atoms with Crippen molar-refractivity contribution in [3.8, 4) is 0 Å². The van der Waals surface area contributed by atoms with Gasteiger partial charge in [-0.05, 0) is 30.3 Å². The van der Waals surface area contributed by atoms with E-state index in [1.165, 1.54) is 24.3 Å². The number of amides is 1. The highest BCUT2D eigenvalue weighted by Crippen LogP contribution is 2.35. The molecule has 0 atom stereocenters. The summed E-state index contributed by atoms with van der Waals surface area (Å²) in [6, 6.07) is 9.52. The Hall–Kier alpha value is -2.70. The molecule has 0 fully saturated rings. The molecule has 0 saturated carbocycles. The zero-order valence-corrected chi connectivity index (χ0v) is 12.6. The number of hydrogen-bond acceptors (Lipinski definition) is 3. The zero-order valence-electron chi connectivity index (χ0n) is 12.6. The molecule has 1 amide bonds. The third kappa shape index (κ3) is 3.74. The van der Waals surface area contributed by atoms with Crippen molar-refractivity contribution in [1.29, 1.82) is 0 Å². The van der Waals surface area contributed by atoms with Gasteiger partial charge in [-0.15, -0.1) is 0 Å². The zero-order chi connectivity index (χ0) is 17.2. The third-order valence-electron chi connectivity index (χ3n) is 3.23. The summed E-state index contributed by atoms with van der Waals surface area (Å²) < 4.78 is 39.0. The summed E-state index contributed by atoms with van der Waals surface area (Å²) in [4.78, 5) is 14.1. The topological polar surface area (TPSA) is 58.4 Å². The first-order chi connectivity index (χ1) is 10.7. The van der Waals surface area contributed by atoms with Gasteiger partial charge in [0.1, 0.15) is 0 Å². The normalized spacial score (nSPS) is 11.2. The third-order valence-corrected chi connectivity index (χ3v) is 3.23. The van der Waals surface area contributed by atoms with Gasteiger partial charge in [-0.3, -0.25) is 4.79 Å². The van der Waals surface area contributed by atoms with E-state index >= 15 is 0 Å². The molecule has 0 heterocycles. The first-order valence-corrected chi connectivity index (χ1v) is 6.74. The summed E-state index contributed by atoms with van der Waals surface area (Å²) in [6.45, 7) is 0. The molecule has 0 aliphatic carbocycles. The fourth-order valence-corrected chi connectivity index (χ4v) is 2.15. The first-order valence-electron chi connectivity index (χ1n) is 6.74. The highest BCUT2D eigenvalue weighted by atomic mass is 19.4. The molecule has 7 heteroatoms. The van der Waals surface area contributed by atoms with Crippen LogP contribution in [-0.4, -0.2) is 20.0 Å². The highest BCUT2D eigenvalue weighted by Gasteiger charge is 2.33. The van der Waals surface area contributed by atoms with Crippen LogP contribution in [0.15, 0.2) is 42.5 Å². The fraction of sp³-hybridized carbons (Fsp3) is 0.188. The number of anilines is 3. The number of nitrogens with one attached hydrogen (secondary N) is 1. The number of halogens is 3. The van der Waals surface area contributed by atoms with Gasteiger partial charge in [0.15, 0.2) is 0 Å². The van der Waals surface area contributed by atoms with Crippen LogP contribution in [0.4, 0.5) is 30.2 Å². The second kappa shape index (κ2) is 6.20. The van der Waals surface area contributed by atoms with Crippen LogP contribution in [-0.2, 0) is 6.18 Å². The molecule has 23 heavy (non-hydrogen) atoms. The van der Waals surface area contributed by atoms with Gasteiger partial charge in [0.25, 0.3) is 5.91 Å². The lowest BCUT2D eigenvalue weighted by atomic mass is 10.1. The van der Waals surface area contributed by atoms with E-state index in [-0.39, 0.29) is 11.3 Å². The van der Waals surface area contributed by atoms with Crippen LogP contribution in [0.3, 0.4) is 0 Å². The number of rotatable bonds is 3. The number of carbonyl (C=O) groups is 1. The molecular weight excluding hydrogens is 307 g/mol. The summed E-state index contributed by atoms with van der Waals surface area (Å²) in [7, 11) is 3.46. The predicted molar refractivity (Wildman–Crippen MR) is 84.6 cm³/mol. The van der Waals surface area contributed by atoms with E-state index in [2.05, 4.69) is 5.32 Å². The van der Waals surface area contributed by atoms with Gasteiger partial charge in [0.05, 0.1) is 16.8 Å². The molecule has 0 aromatic heterocycles. The Morgan fingerprint density at radius 1 is 1.13 bits per heavy atom. The first kappa shape index (κ1) is 16.7. The number of benzene rings is 2. The number of nitrogen functional groups attached to an aromatic ring is 1. The maximum absolute atomic E-state index is 13.0. The monoisotopic (exact) mass is 323 g/mol. The van der Waals surface area contributed by atoms with E-state index in [9.17, 15) is 18.0 Å². The highest BCUT2D eigenvalue weighted by molar-refractivity contribution is 6.09. The molecule has 2 aromatic rings. The second-order valence-corrected chi connectivity index (χ2v) is 5.17. The molecule has 0 saturated heterocycles. The van der Waals surface area contributed by atoms with E-state index in [0.717, 1.165) is 6.07 Å². The largest absolute Gasteiger partial charge is 0.418 e. The molecule has 0 radical (unpaired) electrons. The minimum Gasteiger partial charge on any atom is -0.399 e. The molecule has 2 aromatic carbocycles. The lowest BCUT2D eigenvalue weighted by molar-refractivity contribution is -0.136. The Kier molecular flexibility index (Phi) is 4.49. The molecule has 0 spiro atoms. The molecule has 0 aliphatic heterocycles. The number of carbonyl (C=O) groups excluding carboxylic acids is 1. The van der Waals surface area contributed by atoms with Crippen molar-refractivity contribution in [2.45, 2.75) is 6.18 Å². The molecule has 0 bridgehead atoms. The molecular formula is C16H16F3N3O. The van der Waals surface area contributed by atoms with Crippen molar-refractivity contribution in [3.63, 3.8) is 0 Å². The van der Waals surface area contributed by atoms with E-state index in [0.29, 0.717) is 11.4 Å². The standard InChI is InChI=1S/C16H16F3N3O/c1-22(2)14-8-7-10(20)9-11(14)15(23)21-13-6-4-3-5-12(13)16(17,18)19/h3-9H,20H2,1-2H3,(H,21,23). The maximum atomic E-state index is 13.0. The lowest BCUT2D eigenvalue weighted by Gasteiger charge is -2.19. The van der Waals surface area contributed by atoms with E-state index in [4.69, 9.17) is 5.73 Å². The molecule has 122 valence electrons. The van der Waals surface area contributed by atoms with Crippen LogP contribution in [0.1, 0.15) is 15.9 Å². The number of nitrogens with two attached hydrogens (primary N) is 1. The van der Waals surface area contributed by atoms with Gasteiger partial charge in [0, 0.05) is 25.5 Å². The molecule has 0 unspecified atom stereocenters. The lowest BCUT2D eigenvalue weighted by Crippen LogP contribution is -2.20. The number of nitrogens with zero attached hydrogens (tertiary/aromatic N) is 1. The van der Waals surface area contributed by atoms with Crippen molar-refractivity contribution in [1.82, 2.24) is 0 Å². The average Bonchev–Trinajstić information content (AvgIpc) is 2.46. The van der Waals surface area contributed by atoms with E-state index in [1.54, 1.807) is 31.1 Å². The number of para-hydroxylation sites is 1. The molecule has 3 N–H and O–H groups in total. The van der Waals surface area contributed by atoms with Crippen LogP contribution in [0.2, 0.25) is 0 Å². The van der Waals surface area contributed by atoms with Gasteiger partial charge in [-0.1, -0.05) is 12.1 Å². The van der Waals surface area contributed by atoms with E-state index in [1.807, 2.05) is 0 Å². The SMILES string of the molecule is CN(C)c1ccc(N)cc1C(=O)Nc1ccccc1C(F)(F)F. The molecule has 2 rings (SSSR count). The summed E-state index contributed by atoms with van der Waals surface area (Å²) >= 11 is 0. The summed E-state index contributed by atoms with van der Waals surface area (Å²) in [5.41, 5.74) is 5.60. The van der Waals surface area contributed by atoms with Crippen LogP contribution in [0.25, 0.3) is 0 Å². The fourth-order valence-electron chi connectivity index (χ4n) is 2.15. The predicted octanol–water partition coefficient (Wildman–Crippen LogP) is 3.61. The van der Waals surface area contributed by atoms with Gasteiger partial charge in [0.2, 0.25) is 0 Å².